The zero-order chi connectivity index (χ0) is 27.6. The van der Waals surface area contributed by atoms with Gasteiger partial charge in [0.25, 0.3) is 0 Å². The van der Waals surface area contributed by atoms with Gasteiger partial charge in [0, 0.05) is 32.9 Å². The van der Waals surface area contributed by atoms with Gasteiger partial charge in [-0.25, -0.2) is 0 Å². The van der Waals surface area contributed by atoms with Crippen LogP contribution in [-0.2, 0) is 0 Å². The molecular weight excluding hydrogens is 508 g/mol. The summed E-state index contributed by atoms with van der Waals surface area (Å²) in [6, 6.07) is 57.3. The maximum absolute atomic E-state index is 2.43. The first-order chi connectivity index (χ1) is 20.8. The van der Waals surface area contributed by atoms with E-state index >= 15 is 0 Å². The van der Waals surface area contributed by atoms with E-state index in [1.54, 1.807) is 0 Å². The summed E-state index contributed by atoms with van der Waals surface area (Å²) in [7, 11) is 0. The minimum atomic E-state index is 1.16. The van der Waals surface area contributed by atoms with Gasteiger partial charge in [0.15, 0.2) is 0 Å². The van der Waals surface area contributed by atoms with Crippen LogP contribution in [0.25, 0.3) is 76.9 Å². The number of nitrogens with zero attached hydrogens (tertiary/aromatic N) is 2. The van der Waals surface area contributed by atoms with E-state index in [2.05, 4.69) is 167 Å². The molecule has 0 aliphatic rings. The molecule has 2 aromatic heterocycles. The molecule has 0 aliphatic heterocycles. The third kappa shape index (κ3) is 3.39. The zero-order valence-electron chi connectivity index (χ0n) is 22.9. The van der Waals surface area contributed by atoms with Crippen LogP contribution in [0.15, 0.2) is 158 Å². The van der Waals surface area contributed by atoms with Crippen molar-refractivity contribution in [3.05, 3.63) is 158 Å². The first-order valence-corrected chi connectivity index (χ1v) is 14.4. The van der Waals surface area contributed by atoms with Crippen LogP contribution in [0.4, 0.5) is 0 Å². The van der Waals surface area contributed by atoms with Gasteiger partial charge in [-0.1, -0.05) is 103 Å². The molecule has 0 N–H and O–H groups in total. The third-order valence-electron chi connectivity index (χ3n) is 8.67. The van der Waals surface area contributed by atoms with E-state index in [4.69, 9.17) is 0 Å². The van der Waals surface area contributed by atoms with Crippen molar-refractivity contribution < 1.29 is 0 Å². The van der Waals surface area contributed by atoms with Crippen LogP contribution >= 0.6 is 0 Å². The van der Waals surface area contributed by atoms with Crippen LogP contribution in [0.2, 0.25) is 0 Å². The highest BCUT2D eigenvalue weighted by atomic mass is 15.0. The van der Waals surface area contributed by atoms with Crippen LogP contribution in [-0.4, -0.2) is 9.13 Å². The van der Waals surface area contributed by atoms with Gasteiger partial charge in [0.05, 0.1) is 22.1 Å². The van der Waals surface area contributed by atoms with E-state index < -0.39 is 0 Å². The molecule has 42 heavy (non-hydrogen) atoms. The molecule has 0 spiro atoms. The zero-order valence-corrected chi connectivity index (χ0v) is 22.9. The quantitative estimate of drug-likeness (QED) is 0.213. The minimum Gasteiger partial charge on any atom is -0.309 e. The first kappa shape index (κ1) is 23.1. The molecule has 0 saturated heterocycles. The number of aromatic nitrogens is 2. The Balaban J connectivity index is 1.34. The number of benzene rings is 7. The summed E-state index contributed by atoms with van der Waals surface area (Å²) in [6.07, 6.45) is 0. The molecule has 2 nitrogen and oxygen atoms in total. The van der Waals surface area contributed by atoms with Crippen molar-refractivity contribution in [2.24, 2.45) is 0 Å². The molecule has 2 heterocycles. The fourth-order valence-corrected chi connectivity index (χ4v) is 6.76. The van der Waals surface area contributed by atoms with Crippen molar-refractivity contribution in [1.29, 1.82) is 0 Å². The van der Waals surface area contributed by atoms with Gasteiger partial charge in [-0.2, -0.15) is 0 Å². The summed E-state index contributed by atoms with van der Waals surface area (Å²) in [4.78, 5) is 0. The van der Waals surface area contributed by atoms with E-state index in [0.29, 0.717) is 0 Å². The molecule has 9 aromatic rings. The van der Waals surface area contributed by atoms with Gasteiger partial charge in [-0.15, -0.1) is 0 Å². The number of hydrogen-bond acceptors (Lipinski definition) is 0. The monoisotopic (exact) mass is 534 g/mol. The predicted molar refractivity (Wildman–Crippen MR) is 178 cm³/mol. The number of fused-ring (bicyclic) bond motifs is 7. The lowest BCUT2D eigenvalue weighted by Gasteiger charge is -2.11. The van der Waals surface area contributed by atoms with Gasteiger partial charge < -0.3 is 9.13 Å². The maximum Gasteiger partial charge on any atom is 0.0548 e. The van der Waals surface area contributed by atoms with Crippen molar-refractivity contribution in [2.75, 3.05) is 0 Å². The molecule has 0 saturated carbocycles. The van der Waals surface area contributed by atoms with Crippen LogP contribution in [0.3, 0.4) is 0 Å². The predicted octanol–water partition coefficient (Wildman–Crippen LogP) is 10.7. The average molecular weight is 535 g/mol. The lowest BCUT2D eigenvalue weighted by Crippen LogP contribution is -1.95. The minimum absolute atomic E-state index is 1.16. The second-order valence-electron chi connectivity index (χ2n) is 11.0. The van der Waals surface area contributed by atoms with Gasteiger partial charge in [0.1, 0.15) is 0 Å². The van der Waals surface area contributed by atoms with E-state index in [1.807, 2.05) is 0 Å². The smallest absolute Gasteiger partial charge is 0.0548 e. The Morgan fingerprint density at radius 2 is 0.833 bits per heavy atom. The molecule has 0 unspecified atom stereocenters. The Morgan fingerprint density at radius 3 is 1.55 bits per heavy atom. The highest BCUT2D eigenvalue weighted by Gasteiger charge is 2.18. The largest absolute Gasteiger partial charge is 0.309 e. The molecule has 2 heteroatoms. The summed E-state index contributed by atoms with van der Waals surface area (Å²) >= 11 is 0. The van der Waals surface area contributed by atoms with Crippen molar-refractivity contribution in [3.8, 4) is 22.5 Å². The lowest BCUT2D eigenvalue weighted by molar-refractivity contribution is 1.17. The van der Waals surface area contributed by atoms with Crippen LogP contribution in [0.5, 0.6) is 0 Å². The fourth-order valence-electron chi connectivity index (χ4n) is 6.76. The van der Waals surface area contributed by atoms with Crippen LogP contribution < -0.4 is 0 Å². The molecule has 7 aromatic carbocycles. The molecule has 196 valence electrons. The molecular formula is C40H26N2. The van der Waals surface area contributed by atoms with Crippen LogP contribution in [0, 0.1) is 0 Å². The summed E-state index contributed by atoms with van der Waals surface area (Å²) in [6.45, 7) is 0. The average Bonchev–Trinajstić information content (AvgIpc) is 3.56. The van der Waals surface area contributed by atoms with E-state index in [-0.39, 0.29) is 0 Å². The van der Waals surface area contributed by atoms with E-state index in [1.165, 1.54) is 71.2 Å². The molecule has 9 rings (SSSR count). The Labute approximate surface area is 243 Å². The fraction of sp³-hybridized carbons (Fsp3) is 0. The van der Waals surface area contributed by atoms with E-state index in [0.717, 1.165) is 5.69 Å². The number of para-hydroxylation sites is 3. The van der Waals surface area contributed by atoms with Gasteiger partial charge in [0.2, 0.25) is 0 Å². The summed E-state index contributed by atoms with van der Waals surface area (Å²) in [5.74, 6) is 0. The summed E-state index contributed by atoms with van der Waals surface area (Å²) < 4.78 is 4.83. The van der Waals surface area contributed by atoms with Crippen molar-refractivity contribution in [3.63, 3.8) is 0 Å². The Bertz CT molecular complexity index is 2460. The van der Waals surface area contributed by atoms with Crippen molar-refractivity contribution >= 4 is 54.4 Å². The SMILES string of the molecule is c1ccc(-n2c3ccccc3c3cc4c(cc32)c2ccccc2n4-c2cccc(-c3ccc4ccccc4c3)c2)cc1. The van der Waals surface area contributed by atoms with Gasteiger partial charge >= 0.3 is 0 Å². The summed E-state index contributed by atoms with van der Waals surface area (Å²) in [5, 5.41) is 7.56. The molecule has 0 amide bonds. The van der Waals surface area contributed by atoms with Crippen molar-refractivity contribution in [2.45, 2.75) is 0 Å². The standard InChI is InChI=1S/C40H26N2/c1-2-14-31(15-3-1)41-37-19-8-6-17-33(37)35-26-40-36(25-39(35)41)34-18-7-9-20-38(34)42(40)32-16-10-13-29(24-32)30-22-21-27-11-4-5-12-28(27)23-30/h1-26H. The van der Waals surface area contributed by atoms with Crippen molar-refractivity contribution in [1.82, 2.24) is 9.13 Å². The Morgan fingerprint density at radius 1 is 0.286 bits per heavy atom. The van der Waals surface area contributed by atoms with E-state index in [9.17, 15) is 0 Å². The van der Waals surface area contributed by atoms with Gasteiger partial charge in [-0.05, 0) is 76.5 Å². The normalized spacial score (nSPS) is 11.8. The number of rotatable bonds is 3. The molecule has 0 aliphatic carbocycles. The summed E-state index contributed by atoms with van der Waals surface area (Å²) in [5.41, 5.74) is 9.66. The molecule has 0 radical (unpaired) electrons. The topological polar surface area (TPSA) is 9.86 Å². The lowest BCUT2D eigenvalue weighted by atomic mass is 10.0. The highest BCUT2D eigenvalue weighted by molar-refractivity contribution is 6.19. The second-order valence-corrected chi connectivity index (χ2v) is 11.0. The molecule has 0 fully saturated rings. The van der Waals surface area contributed by atoms with Gasteiger partial charge in [-0.3, -0.25) is 0 Å². The highest BCUT2D eigenvalue weighted by Crippen LogP contribution is 2.40. The number of hydrogen-bond donors (Lipinski definition) is 0. The molecule has 0 atom stereocenters. The maximum atomic E-state index is 2.43. The Kier molecular flexibility index (Phi) is 4.93. The second kappa shape index (κ2) is 8.95. The molecule has 0 bridgehead atoms. The third-order valence-corrected chi connectivity index (χ3v) is 8.67. The Hall–Kier alpha value is -5.60. The first-order valence-electron chi connectivity index (χ1n) is 14.4. The van der Waals surface area contributed by atoms with Crippen LogP contribution in [0.1, 0.15) is 0 Å².